The molecule has 0 amide bonds. The van der Waals surface area contributed by atoms with E-state index < -0.39 is 0 Å². The van der Waals surface area contributed by atoms with E-state index >= 15 is 0 Å². The van der Waals surface area contributed by atoms with Crippen molar-refractivity contribution >= 4 is 53.1 Å². The molecule has 2 aromatic heterocycles. The quantitative estimate of drug-likeness (QED) is 0.182. The van der Waals surface area contributed by atoms with Crippen molar-refractivity contribution in [1.29, 1.82) is 0 Å². The smallest absolute Gasteiger partial charge is 0.161 e. The van der Waals surface area contributed by atoms with Gasteiger partial charge in [-0.15, -0.1) is 11.3 Å². The molecule has 1 aliphatic carbocycles. The number of aromatic nitrogens is 2. The molecule has 254 valence electrons. The highest BCUT2D eigenvalue weighted by atomic mass is 32.1. The molecule has 0 atom stereocenters. The van der Waals surface area contributed by atoms with Crippen LogP contribution in [0, 0.1) is 0 Å². The summed E-state index contributed by atoms with van der Waals surface area (Å²) in [5.41, 5.74) is 12.8. The number of fused-ring (bicyclic) bond motifs is 9. The first-order valence-corrected chi connectivity index (χ1v) is 19.4. The topological polar surface area (TPSA) is 25.8 Å². The highest BCUT2D eigenvalue weighted by molar-refractivity contribution is 7.25. The lowest BCUT2D eigenvalue weighted by Crippen LogP contribution is -2.17. The van der Waals surface area contributed by atoms with Crippen LogP contribution in [0.1, 0.15) is 25.0 Å². The lowest BCUT2D eigenvalue weighted by molar-refractivity contribution is 0.668. The third kappa shape index (κ3) is 4.58. The predicted molar refractivity (Wildman–Crippen MR) is 229 cm³/mol. The van der Waals surface area contributed by atoms with Gasteiger partial charge in [0.15, 0.2) is 5.82 Å². The zero-order valence-electron chi connectivity index (χ0n) is 30.0. The summed E-state index contributed by atoms with van der Waals surface area (Å²) in [6.45, 7) is 4.79. The van der Waals surface area contributed by atoms with Gasteiger partial charge in [-0.2, -0.15) is 0 Å². The van der Waals surface area contributed by atoms with Gasteiger partial charge < -0.3 is 0 Å². The van der Waals surface area contributed by atoms with Crippen LogP contribution in [0.15, 0.2) is 170 Å². The molecule has 3 heteroatoms. The van der Waals surface area contributed by atoms with Gasteiger partial charge in [0.05, 0.1) is 11.4 Å². The predicted octanol–water partition coefficient (Wildman–Crippen LogP) is 14.1. The average molecular weight is 707 g/mol. The average Bonchev–Trinajstić information content (AvgIpc) is 3.73. The Morgan fingerprint density at radius 1 is 0.407 bits per heavy atom. The van der Waals surface area contributed by atoms with Gasteiger partial charge in [0.2, 0.25) is 0 Å². The molecule has 0 saturated heterocycles. The Kier molecular flexibility index (Phi) is 6.80. The first-order valence-electron chi connectivity index (χ1n) is 18.6. The van der Waals surface area contributed by atoms with Crippen molar-refractivity contribution in [3.05, 3.63) is 181 Å². The third-order valence-electron chi connectivity index (χ3n) is 11.5. The van der Waals surface area contributed by atoms with E-state index in [4.69, 9.17) is 9.97 Å². The van der Waals surface area contributed by atoms with Crippen LogP contribution in [0.4, 0.5) is 0 Å². The van der Waals surface area contributed by atoms with Gasteiger partial charge in [0.1, 0.15) is 0 Å². The van der Waals surface area contributed by atoms with Crippen molar-refractivity contribution < 1.29 is 0 Å². The highest BCUT2D eigenvalue weighted by Crippen LogP contribution is 2.55. The summed E-state index contributed by atoms with van der Waals surface area (Å²) in [5, 5.41) is 7.46. The molecule has 11 rings (SSSR count). The molecule has 2 nitrogen and oxygen atoms in total. The van der Waals surface area contributed by atoms with Crippen LogP contribution in [0.5, 0.6) is 0 Å². The Bertz CT molecular complexity index is 3130. The van der Waals surface area contributed by atoms with Crippen molar-refractivity contribution in [3.63, 3.8) is 0 Å². The number of hydrogen-bond acceptors (Lipinski definition) is 3. The van der Waals surface area contributed by atoms with Crippen molar-refractivity contribution in [2.45, 2.75) is 19.3 Å². The zero-order chi connectivity index (χ0) is 36.0. The van der Waals surface area contributed by atoms with E-state index in [0.717, 1.165) is 39.3 Å². The van der Waals surface area contributed by atoms with E-state index in [1.165, 1.54) is 69.7 Å². The van der Waals surface area contributed by atoms with Crippen molar-refractivity contribution in [3.8, 4) is 56.2 Å². The molecule has 0 spiro atoms. The SMILES string of the molecule is CC1(C)c2c(cccc2-c2ccc(-c3nc(-c4ccccc4)cc(-c4cccc5sc6ccccc6c45)n3)c3ccccc23)-c2ccc3ccccc3c21. The molecular formula is C51H34N2S. The van der Waals surface area contributed by atoms with E-state index in [2.05, 4.69) is 184 Å². The summed E-state index contributed by atoms with van der Waals surface area (Å²) in [4.78, 5) is 10.7. The number of nitrogens with zero attached hydrogens (tertiary/aromatic N) is 2. The monoisotopic (exact) mass is 706 g/mol. The molecule has 2 heterocycles. The second-order valence-corrected chi connectivity index (χ2v) is 16.0. The van der Waals surface area contributed by atoms with Crippen LogP contribution >= 0.6 is 11.3 Å². The van der Waals surface area contributed by atoms with E-state index in [1.54, 1.807) is 0 Å². The van der Waals surface area contributed by atoms with Gasteiger partial charge in [0, 0.05) is 42.3 Å². The van der Waals surface area contributed by atoms with Crippen LogP contribution in [-0.2, 0) is 5.41 Å². The lowest BCUT2D eigenvalue weighted by atomic mass is 9.77. The Morgan fingerprint density at radius 2 is 0.981 bits per heavy atom. The van der Waals surface area contributed by atoms with Gasteiger partial charge in [-0.3, -0.25) is 0 Å². The summed E-state index contributed by atoms with van der Waals surface area (Å²) < 4.78 is 2.55. The Labute approximate surface area is 318 Å². The standard InChI is InChI=1S/C51H34N2S/c1-51(2)48-33-17-7-6-14-31(33)26-27-39(48)38-22-12-21-37(49(38)51)36-28-29-40(35-19-9-8-18-34(35)36)50-52-43(32-15-4-3-5-16-32)30-44(53-50)41-23-13-25-46-47(41)42-20-10-11-24-45(42)54-46/h3-30H,1-2H3. The van der Waals surface area contributed by atoms with E-state index in [0.29, 0.717) is 0 Å². The summed E-state index contributed by atoms with van der Waals surface area (Å²) in [5.74, 6) is 0.725. The maximum atomic E-state index is 5.42. The van der Waals surface area contributed by atoms with Crippen LogP contribution < -0.4 is 0 Å². The Morgan fingerprint density at radius 3 is 1.81 bits per heavy atom. The molecule has 54 heavy (non-hydrogen) atoms. The molecule has 0 N–H and O–H groups in total. The van der Waals surface area contributed by atoms with Crippen molar-refractivity contribution in [1.82, 2.24) is 9.97 Å². The van der Waals surface area contributed by atoms with E-state index in [-0.39, 0.29) is 5.41 Å². The molecule has 1 aliphatic rings. The molecule has 0 unspecified atom stereocenters. The number of rotatable bonds is 4. The Balaban J connectivity index is 1.13. The van der Waals surface area contributed by atoms with Gasteiger partial charge in [-0.1, -0.05) is 159 Å². The minimum Gasteiger partial charge on any atom is -0.228 e. The lowest BCUT2D eigenvalue weighted by Gasteiger charge is -2.26. The van der Waals surface area contributed by atoms with Gasteiger partial charge >= 0.3 is 0 Å². The fraction of sp³-hybridized carbons (Fsp3) is 0.0588. The molecule has 8 aromatic carbocycles. The highest BCUT2D eigenvalue weighted by Gasteiger charge is 2.39. The summed E-state index contributed by atoms with van der Waals surface area (Å²) in [6, 6.07) is 61.5. The Hall–Kier alpha value is -6.42. The molecule has 0 aliphatic heterocycles. The largest absolute Gasteiger partial charge is 0.228 e. The summed E-state index contributed by atoms with van der Waals surface area (Å²) in [7, 11) is 0. The van der Waals surface area contributed by atoms with Gasteiger partial charge in [-0.25, -0.2) is 9.97 Å². The molecule has 10 aromatic rings. The molecule has 0 saturated carbocycles. The first-order chi connectivity index (χ1) is 26.5. The van der Waals surface area contributed by atoms with Crippen LogP contribution in [-0.4, -0.2) is 9.97 Å². The van der Waals surface area contributed by atoms with Gasteiger partial charge in [-0.05, 0) is 79.2 Å². The molecule has 0 fully saturated rings. The first kappa shape index (κ1) is 31.1. The van der Waals surface area contributed by atoms with E-state index in [9.17, 15) is 0 Å². The fourth-order valence-corrected chi connectivity index (χ4v) is 10.3. The minimum atomic E-state index is -0.184. The summed E-state index contributed by atoms with van der Waals surface area (Å²) >= 11 is 1.83. The minimum absolute atomic E-state index is 0.184. The molecule has 0 bridgehead atoms. The van der Waals surface area contributed by atoms with Crippen LogP contribution in [0.2, 0.25) is 0 Å². The molecule has 0 radical (unpaired) electrons. The second-order valence-electron chi connectivity index (χ2n) is 14.9. The van der Waals surface area contributed by atoms with Crippen LogP contribution in [0.25, 0.3) is 97.9 Å². The maximum absolute atomic E-state index is 5.42. The number of benzene rings is 8. The van der Waals surface area contributed by atoms with Gasteiger partial charge in [0.25, 0.3) is 0 Å². The molecular weight excluding hydrogens is 673 g/mol. The second kappa shape index (κ2) is 11.8. The van der Waals surface area contributed by atoms with Crippen molar-refractivity contribution in [2.24, 2.45) is 0 Å². The van der Waals surface area contributed by atoms with Crippen molar-refractivity contribution in [2.75, 3.05) is 0 Å². The fourth-order valence-electron chi connectivity index (χ4n) is 9.15. The van der Waals surface area contributed by atoms with Crippen LogP contribution in [0.3, 0.4) is 0 Å². The summed E-state index contributed by atoms with van der Waals surface area (Å²) in [6.07, 6.45) is 0. The maximum Gasteiger partial charge on any atom is 0.161 e. The number of thiophene rings is 1. The third-order valence-corrected chi connectivity index (χ3v) is 12.6. The zero-order valence-corrected chi connectivity index (χ0v) is 30.8. The van der Waals surface area contributed by atoms with E-state index in [1.807, 2.05) is 11.3 Å². The normalized spacial score (nSPS) is 13.1. The number of hydrogen-bond donors (Lipinski definition) is 0.